The largest absolute Gasteiger partial charge is 0.378 e. The lowest BCUT2D eigenvalue weighted by atomic mass is 10.1. The standard InChI is InChI=1S/C18H23BrN2/c1-6-9-16(20(2)3)11-8-7-10-15-12-13-17(21(4)5)14-18(15)19/h1,8-9,11-14H,7,10H2,2-5H3/b11-8-,16-9+. The van der Waals surface area contributed by atoms with Crippen LogP contribution in [0, 0.1) is 12.3 Å². The normalized spacial score (nSPS) is 11.5. The number of nitrogens with zero attached hydrogens (tertiary/aromatic N) is 2. The van der Waals surface area contributed by atoms with E-state index in [1.807, 2.05) is 33.1 Å². The van der Waals surface area contributed by atoms with Crippen LogP contribution in [0.15, 0.2) is 46.6 Å². The van der Waals surface area contributed by atoms with Gasteiger partial charge in [0.1, 0.15) is 0 Å². The number of likely N-dealkylation sites (N-methyl/N-ethyl adjacent to an activating group) is 1. The molecule has 0 bridgehead atoms. The van der Waals surface area contributed by atoms with E-state index in [-0.39, 0.29) is 0 Å². The topological polar surface area (TPSA) is 6.48 Å². The molecule has 0 heterocycles. The van der Waals surface area contributed by atoms with Crippen LogP contribution in [0.1, 0.15) is 12.0 Å². The fraction of sp³-hybridized carbons (Fsp3) is 0.333. The lowest BCUT2D eigenvalue weighted by molar-refractivity contribution is 0.530. The Bertz CT molecular complexity index is 563. The van der Waals surface area contributed by atoms with Gasteiger partial charge < -0.3 is 9.80 Å². The molecule has 0 fully saturated rings. The lowest BCUT2D eigenvalue weighted by Crippen LogP contribution is -2.09. The minimum Gasteiger partial charge on any atom is -0.378 e. The summed E-state index contributed by atoms with van der Waals surface area (Å²) < 4.78 is 1.16. The van der Waals surface area contributed by atoms with Gasteiger partial charge in [0, 0.05) is 50.1 Å². The first-order valence-corrected chi connectivity index (χ1v) is 7.71. The van der Waals surface area contributed by atoms with Gasteiger partial charge in [0.25, 0.3) is 0 Å². The fourth-order valence-corrected chi connectivity index (χ4v) is 2.44. The van der Waals surface area contributed by atoms with Gasteiger partial charge in [-0.2, -0.15) is 0 Å². The number of hydrogen-bond acceptors (Lipinski definition) is 2. The number of terminal acetylenes is 1. The second-order valence-electron chi connectivity index (χ2n) is 5.24. The first kappa shape index (κ1) is 17.4. The first-order valence-electron chi connectivity index (χ1n) is 6.91. The Kier molecular flexibility index (Phi) is 7.11. The van der Waals surface area contributed by atoms with Crippen LogP contribution >= 0.6 is 15.9 Å². The highest BCUT2D eigenvalue weighted by atomic mass is 79.9. The quantitative estimate of drug-likeness (QED) is 0.565. The van der Waals surface area contributed by atoms with Gasteiger partial charge in [0.15, 0.2) is 0 Å². The Morgan fingerprint density at radius 2 is 2.00 bits per heavy atom. The van der Waals surface area contributed by atoms with E-state index in [4.69, 9.17) is 6.42 Å². The molecule has 0 aliphatic rings. The van der Waals surface area contributed by atoms with Crippen molar-refractivity contribution in [3.63, 3.8) is 0 Å². The fourth-order valence-electron chi connectivity index (χ4n) is 1.87. The summed E-state index contributed by atoms with van der Waals surface area (Å²) in [4.78, 5) is 4.11. The van der Waals surface area contributed by atoms with Crippen molar-refractivity contribution in [2.24, 2.45) is 0 Å². The number of aryl methyl sites for hydroxylation is 1. The lowest BCUT2D eigenvalue weighted by Gasteiger charge is -2.14. The molecule has 0 saturated heterocycles. The molecule has 0 aliphatic heterocycles. The average molecular weight is 347 g/mol. The summed E-state index contributed by atoms with van der Waals surface area (Å²) in [6.45, 7) is 0. The molecular weight excluding hydrogens is 324 g/mol. The highest BCUT2D eigenvalue weighted by Crippen LogP contribution is 2.24. The number of hydrogen-bond donors (Lipinski definition) is 0. The van der Waals surface area contributed by atoms with Crippen LogP contribution in [0.3, 0.4) is 0 Å². The molecule has 0 N–H and O–H groups in total. The van der Waals surface area contributed by atoms with E-state index in [2.05, 4.69) is 57.1 Å². The van der Waals surface area contributed by atoms with Gasteiger partial charge in [-0.15, -0.1) is 6.42 Å². The molecule has 112 valence electrons. The van der Waals surface area contributed by atoms with Crippen molar-refractivity contribution in [3.8, 4) is 12.3 Å². The molecule has 0 unspecified atom stereocenters. The van der Waals surface area contributed by atoms with E-state index >= 15 is 0 Å². The summed E-state index contributed by atoms with van der Waals surface area (Å²) in [6, 6.07) is 6.48. The summed E-state index contributed by atoms with van der Waals surface area (Å²) in [5.74, 6) is 2.57. The zero-order valence-corrected chi connectivity index (χ0v) is 14.8. The van der Waals surface area contributed by atoms with E-state index in [0.717, 1.165) is 23.0 Å². The molecule has 21 heavy (non-hydrogen) atoms. The molecule has 0 spiro atoms. The number of allylic oxidation sites excluding steroid dienone is 3. The van der Waals surface area contributed by atoms with Crippen molar-refractivity contribution in [1.29, 1.82) is 0 Å². The van der Waals surface area contributed by atoms with Gasteiger partial charge in [-0.05, 0) is 36.6 Å². The van der Waals surface area contributed by atoms with Gasteiger partial charge in [-0.3, -0.25) is 0 Å². The predicted octanol–water partition coefficient (Wildman–Crippen LogP) is 4.08. The highest BCUT2D eigenvalue weighted by Gasteiger charge is 2.02. The van der Waals surface area contributed by atoms with Crippen LogP contribution in [0.5, 0.6) is 0 Å². The van der Waals surface area contributed by atoms with Gasteiger partial charge in [0.2, 0.25) is 0 Å². The number of halogens is 1. The second kappa shape index (κ2) is 8.59. The molecule has 0 atom stereocenters. The van der Waals surface area contributed by atoms with Crippen molar-refractivity contribution in [2.75, 3.05) is 33.1 Å². The van der Waals surface area contributed by atoms with Crippen molar-refractivity contribution >= 4 is 21.6 Å². The smallest absolute Gasteiger partial charge is 0.0442 e. The van der Waals surface area contributed by atoms with Crippen molar-refractivity contribution in [2.45, 2.75) is 12.8 Å². The molecule has 0 aromatic heterocycles. The molecule has 0 amide bonds. The van der Waals surface area contributed by atoms with Gasteiger partial charge in [0.05, 0.1) is 0 Å². The molecule has 3 heteroatoms. The summed E-state index contributed by atoms with van der Waals surface area (Å²) in [6.07, 6.45) is 13.3. The molecule has 1 aromatic rings. The monoisotopic (exact) mass is 346 g/mol. The molecule has 1 rings (SSSR count). The highest BCUT2D eigenvalue weighted by molar-refractivity contribution is 9.10. The average Bonchev–Trinajstić information content (AvgIpc) is 2.43. The third-order valence-corrected chi connectivity index (χ3v) is 3.91. The SMILES string of the molecule is C#C/C=C(\C=C/CCc1ccc(N(C)C)cc1Br)N(C)C. The van der Waals surface area contributed by atoms with E-state index in [1.165, 1.54) is 11.3 Å². The summed E-state index contributed by atoms with van der Waals surface area (Å²) >= 11 is 3.65. The Labute approximate surface area is 137 Å². The minimum absolute atomic E-state index is 0.982. The van der Waals surface area contributed by atoms with Crippen molar-refractivity contribution in [3.05, 3.63) is 52.2 Å². The maximum Gasteiger partial charge on any atom is 0.0442 e. The maximum absolute atomic E-state index is 5.32. The Morgan fingerprint density at radius 1 is 1.29 bits per heavy atom. The van der Waals surface area contributed by atoms with E-state index in [9.17, 15) is 0 Å². The van der Waals surface area contributed by atoms with Crippen molar-refractivity contribution in [1.82, 2.24) is 4.90 Å². The zero-order chi connectivity index (χ0) is 15.8. The van der Waals surface area contributed by atoms with E-state index < -0.39 is 0 Å². The van der Waals surface area contributed by atoms with Crippen LogP contribution in [0.25, 0.3) is 0 Å². The van der Waals surface area contributed by atoms with Crippen LogP contribution in [0.2, 0.25) is 0 Å². The van der Waals surface area contributed by atoms with Crippen molar-refractivity contribution < 1.29 is 0 Å². The van der Waals surface area contributed by atoms with Crippen LogP contribution in [-0.2, 0) is 6.42 Å². The predicted molar refractivity (Wildman–Crippen MR) is 96.5 cm³/mol. The maximum atomic E-state index is 5.32. The van der Waals surface area contributed by atoms with E-state index in [1.54, 1.807) is 6.08 Å². The Hall–Kier alpha value is -1.66. The minimum atomic E-state index is 0.982. The summed E-state index contributed by atoms with van der Waals surface area (Å²) in [7, 11) is 8.07. The third-order valence-electron chi connectivity index (χ3n) is 3.17. The molecule has 0 radical (unpaired) electrons. The van der Waals surface area contributed by atoms with Gasteiger partial charge in [-0.25, -0.2) is 0 Å². The van der Waals surface area contributed by atoms with Crippen LogP contribution < -0.4 is 4.90 Å². The molecule has 2 nitrogen and oxygen atoms in total. The van der Waals surface area contributed by atoms with Crippen LogP contribution in [-0.4, -0.2) is 33.1 Å². The Balaban J connectivity index is 2.64. The van der Waals surface area contributed by atoms with Crippen LogP contribution in [0.4, 0.5) is 5.69 Å². The number of rotatable bonds is 6. The first-order chi connectivity index (χ1) is 9.95. The molecule has 1 aromatic carbocycles. The third kappa shape index (κ3) is 5.69. The summed E-state index contributed by atoms with van der Waals surface area (Å²) in [5, 5.41) is 0. The summed E-state index contributed by atoms with van der Waals surface area (Å²) in [5.41, 5.74) is 3.56. The van der Waals surface area contributed by atoms with Gasteiger partial charge >= 0.3 is 0 Å². The zero-order valence-electron chi connectivity index (χ0n) is 13.2. The molecule has 0 saturated carbocycles. The second-order valence-corrected chi connectivity index (χ2v) is 6.10. The molecular formula is C18H23BrN2. The Morgan fingerprint density at radius 3 is 2.52 bits per heavy atom. The number of anilines is 1. The molecule has 0 aliphatic carbocycles. The number of benzene rings is 1. The van der Waals surface area contributed by atoms with Gasteiger partial charge in [-0.1, -0.05) is 34.0 Å². The van der Waals surface area contributed by atoms with E-state index in [0.29, 0.717) is 0 Å².